The molecule has 2 rings (SSSR count). The van der Waals surface area contributed by atoms with Gasteiger partial charge in [0.05, 0.1) is 10.5 Å². The molecule has 0 aromatic heterocycles. The summed E-state index contributed by atoms with van der Waals surface area (Å²) in [7, 11) is 0. The third kappa shape index (κ3) is 4.42. The molecule has 3 N–H and O–H groups in total. The standard InChI is InChI=1S/C14H19N3O4/c18-13(15-10-14(19)8-2-1-3-9-14)16-11-4-6-12(7-5-11)17(20)21/h4-7,19H,1-3,8-10H2,(H2,15,16,18). The van der Waals surface area contributed by atoms with Gasteiger partial charge in [0.1, 0.15) is 0 Å². The summed E-state index contributed by atoms with van der Waals surface area (Å²) in [5.74, 6) is 0. The lowest BCUT2D eigenvalue weighted by Gasteiger charge is -2.32. The molecule has 1 saturated carbocycles. The van der Waals surface area contributed by atoms with Gasteiger partial charge in [0.25, 0.3) is 5.69 Å². The predicted octanol–water partition coefficient (Wildman–Crippen LogP) is 2.41. The molecular weight excluding hydrogens is 274 g/mol. The van der Waals surface area contributed by atoms with E-state index in [1.54, 1.807) is 0 Å². The maximum Gasteiger partial charge on any atom is 0.319 e. The Bertz CT molecular complexity index is 509. The number of nitrogens with one attached hydrogen (secondary N) is 2. The van der Waals surface area contributed by atoms with Crippen LogP contribution in [-0.2, 0) is 0 Å². The van der Waals surface area contributed by atoms with Crippen molar-refractivity contribution < 1.29 is 14.8 Å². The van der Waals surface area contributed by atoms with Crippen LogP contribution in [0, 0.1) is 10.1 Å². The number of carbonyl (C=O) groups is 1. The Morgan fingerprint density at radius 1 is 1.24 bits per heavy atom. The van der Waals surface area contributed by atoms with Gasteiger partial charge in [0.15, 0.2) is 0 Å². The summed E-state index contributed by atoms with van der Waals surface area (Å²) in [6, 6.07) is 5.15. The molecule has 0 spiro atoms. The number of nitro groups is 1. The fourth-order valence-corrected chi connectivity index (χ4v) is 2.47. The Morgan fingerprint density at radius 2 is 1.86 bits per heavy atom. The van der Waals surface area contributed by atoms with E-state index in [2.05, 4.69) is 10.6 Å². The van der Waals surface area contributed by atoms with Crippen LogP contribution in [0.25, 0.3) is 0 Å². The minimum Gasteiger partial charge on any atom is -0.388 e. The minimum atomic E-state index is -0.814. The van der Waals surface area contributed by atoms with E-state index in [4.69, 9.17) is 0 Å². The average Bonchev–Trinajstić information content (AvgIpc) is 2.47. The number of amides is 2. The largest absolute Gasteiger partial charge is 0.388 e. The number of carbonyl (C=O) groups excluding carboxylic acids is 1. The number of hydrogen-bond acceptors (Lipinski definition) is 4. The van der Waals surface area contributed by atoms with Crippen LogP contribution in [0.4, 0.5) is 16.2 Å². The molecule has 1 aromatic carbocycles. The smallest absolute Gasteiger partial charge is 0.319 e. The number of urea groups is 1. The van der Waals surface area contributed by atoms with Gasteiger partial charge in [0.2, 0.25) is 0 Å². The summed E-state index contributed by atoms with van der Waals surface area (Å²) in [6.07, 6.45) is 4.47. The lowest BCUT2D eigenvalue weighted by Crippen LogP contribution is -2.45. The van der Waals surface area contributed by atoms with Gasteiger partial charge in [-0.15, -0.1) is 0 Å². The monoisotopic (exact) mass is 293 g/mol. The van der Waals surface area contributed by atoms with E-state index >= 15 is 0 Å². The molecule has 21 heavy (non-hydrogen) atoms. The summed E-state index contributed by atoms with van der Waals surface area (Å²) in [5.41, 5.74) is -0.378. The number of benzene rings is 1. The van der Waals surface area contributed by atoms with E-state index < -0.39 is 16.6 Å². The normalized spacial score (nSPS) is 17.0. The van der Waals surface area contributed by atoms with Crippen LogP contribution in [0.5, 0.6) is 0 Å². The average molecular weight is 293 g/mol. The fourth-order valence-electron chi connectivity index (χ4n) is 2.47. The molecule has 0 atom stereocenters. The Kier molecular flexibility index (Phi) is 4.74. The molecule has 1 fully saturated rings. The molecule has 114 valence electrons. The number of aliphatic hydroxyl groups is 1. The first-order valence-electron chi connectivity index (χ1n) is 7.00. The van der Waals surface area contributed by atoms with E-state index in [-0.39, 0.29) is 12.2 Å². The highest BCUT2D eigenvalue weighted by Crippen LogP contribution is 2.27. The van der Waals surface area contributed by atoms with Gasteiger partial charge in [-0.3, -0.25) is 10.1 Å². The predicted molar refractivity (Wildman–Crippen MR) is 78.2 cm³/mol. The molecule has 7 nitrogen and oxygen atoms in total. The molecule has 1 aliphatic rings. The van der Waals surface area contributed by atoms with E-state index in [1.165, 1.54) is 24.3 Å². The van der Waals surface area contributed by atoms with Gasteiger partial charge in [0, 0.05) is 24.4 Å². The van der Waals surface area contributed by atoms with Crippen LogP contribution in [0.1, 0.15) is 32.1 Å². The first kappa shape index (κ1) is 15.2. The van der Waals surface area contributed by atoms with Crippen molar-refractivity contribution in [3.05, 3.63) is 34.4 Å². The van der Waals surface area contributed by atoms with Crippen molar-refractivity contribution in [1.29, 1.82) is 0 Å². The van der Waals surface area contributed by atoms with Crippen molar-refractivity contribution in [2.75, 3.05) is 11.9 Å². The van der Waals surface area contributed by atoms with Gasteiger partial charge in [-0.05, 0) is 25.0 Å². The molecule has 7 heteroatoms. The third-order valence-electron chi connectivity index (χ3n) is 3.70. The summed E-state index contributed by atoms with van der Waals surface area (Å²) in [4.78, 5) is 21.8. The number of hydrogen-bond donors (Lipinski definition) is 3. The van der Waals surface area contributed by atoms with E-state index in [9.17, 15) is 20.0 Å². The van der Waals surface area contributed by atoms with Gasteiger partial charge in [-0.25, -0.2) is 4.79 Å². The maximum absolute atomic E-state index is 11.7. The second-order valence-electron chi connectivity index (χ2n) is 5.40. The SMILES string of the molecule is O=C(NCC1(O)CCCCC1)Nc1ccc([N+](=O)[O-])cc1. The molecule has 0 saturated heterocycles. The molecule has 1 aromatic rings. The number of rotatable bonds is 4. The number of non-ortho nitro benzene ring substituents is 1. The van der Waals surface area contributed by atoms with Gasteiger partial charge >= 0.3 is 6.03 Å². The van der Waals surface area contributed by atoms with Crippen molar-refractivity contribution in [2.45, 2.75) is 37.7 Å². The molecule has 0 aliphatic heterocycles. The summed E-state index contributed by atoms with van der Waals surface area (Å²) < 4.78 is 0. The minimum absolute atomic E-state index is 0.0301. The van der Waals surface area contributed by atoms with Gasteiger partial charge in [-0.2, -0.15) is 0 Å². The van der Waals surface area contributed by atoms with Crippen LogP contribution in [0.15, 0.2) is 24.3 Å². The van der Waals surface area contributed by atoms with Gasteiger partial charge in [-0.1, -0.05) is 19.3 Å². The van der Waals surface area contributed by atoms with Crippen molar-refractivity contribution in [2.24, 2.45) is 0 Å². The van der Waals surface area contributed by atoms with Crippen molar-refractivity contribution in [1.82, 2.24) is 5.32 Å². The number of anilines is 1. The third-order valence-corrected chi connectivity index (χ3v) is 3.70. The Morgan fingerprint density at radius 3 is 2.43 bits per heavy atom. The quantitative estimate of drug-likeness (QED) is 0.585. The summed E-state index contributed by atoms with van der Waals surface area (Å²) in [5, 5.41) is 26.0. The van der Waals surface area contributed by atoms with Crippen molar-refractivity contribution >= 4 is 17.4 Å². The zero-order valence-electron chi connectivity index (χ0n) is 11.7. The van der Waals surface area contributed by atoms with Crippen molar-refractivity contribution in [3.8, 4) is 0 Å². The highest BCUT2D eigenvalue weighted by atomic mass is 16.6. The van der Waals surface area contributed by atoms with Crippen LogP contribution in [0.3, 0.4) is 0 Å². The lowest BCUT2D eigenvalue weighted by molar-refractivity contribution is -0.384. The molecule has 0 unspecified atom stereocenters. The highest BCUT2D eigenvalue weighted by Gasteiger charge is 2.29. The van der Waals surface area contributed by atoms with E-state index in [1.807, 2.05) is 0 Å². The molecule has 0 heterocycles. The Labute approximate surface area is 122 Å². The number of nitro benzene ring substituents is 1. The summed E-state index contributed by atoms with van der Waals surface area (Å²) in [6.45, 7) is 0.214. The molecule has 1 aliphatic carbocycles. The van der Waals surface area contributed by atoms with E-state index in [0.717, 1.165) is 19.3 Å². The molecule has 2 amide bonds. The van der Waals surface area contributed by atoms with Crippen LogP contribution in [-0.4, -0.2) is 28.2 Å². The fraction of sp³-hybridized carbons (Fsp3) is 0.500. The Hall–Kier alpha value is -2.15. The molecule has 0 radical (unpaired) electrons. The first-order chi connectivity index (χ1) is 9.98. The lowest BCUT2D eigenvalue weighted by atomic mass is 9.85. The van der Waals surface area contributed by atoms with Crippen molar-refractivity contribution in [3.63, 3.8) is 0 Å². The molecule has 0 bridgehead atoms. The second-order valence-corrected chi connectivity index (χ2v) is 5.40. The van der Waals surface area contributed by atoms with Gasteiger partial charge < -0.3 is 15.7 Å². The van der Waals surface area contributed by atoms with Crippen LogP contribution >= 0.6 is 0 Å². The molecular formula is C14H19N3O4. The Balaban J connectivity index is 1.82. The highest BCUT2D eigenvalue weighted by molar-refractivity contribution is 5.89. The van der Waals surface area contributed by atoms with Crippen LogP contribution < -0.4 is 10.6 Å². The second kappa shape index (κ2) is 6.53. The maximum atomic E-state index is 11.7. The first-order valence-corrected chi connectivity index (χ1v) is 7.00. The van der Waals surface area contributed by atoms with E-state index in [0.29, 0.717) is 18.5 Å². The number of nitrogens with zero attached hydrogens (tertiary/aromatic N) is 1. The van der Waals surface area contributed by atoms with Crippen LogP contribution in [0.2, 0.25) is 0 Å². The topological polar surface area (TPSA) is 104 Å². The summed E-state index contributed by atoms with van der Waals surface area (Å²) >= 11 is 0. The zero-order valence-corrected chi connectivity index (χ0v) is 11.7. The zero-order chi connectivity index (χ0) is 15.3.